The van der Waals surface area contributed by atoms with E-state index in [9.17, 15) is 5.11 Å². The lowest BCUT2D eigenvalue weighted by atomic mass is 9.97. The fourth-order valence-electron chi connectivity index (χ4n) is 2.56. The molecule has 4 heteroatoms. The van der Waals surface area contributed by atoms with Crippen LogP contribution in [0.4, 0.5) is 0 Å². The summed E-state index contributed by atoms with van der Waals surface area (Å²) in [6, 6.07) is 0.265. The van der Waals surface area contributed by atoms with E-state index in [-0.39, 0.29) is 12.6 Å². The molecule has 4 nitrogen and oxygen atoms in total. The Balaban J connectivity index is 2.12. The van der Waals surface area contributed by atoms with Gasteiger partial charge in [0.05, 0.1) is 6.61 Å². The largest absolute Gasteiger partial charge is 0.395 e. The number of hydrogen-bond acceptors (Lipinski definition) is 4. The minimum atomic E-state index is 0.250. The molecule has 1 rings (SSSR count). The zero-order chi connectivity index (χ0) is 13.2. The van der Waals surface area contributed by atoms with E-state index in [0.717, 1.165) is 38.5 Å². The second-order valence-corrected chi connectivity index (χ2v) is 5.36. The van der Waals surface area contributed by atoms with E-state index in [1.807, 2.05) is 0 Å². The highest BCUT2D eigenvalue weighted by Gasteiger charge is 2.19. The Kier molecular flexibility index (Phi) is 8.59. The molecule has 1 atom stereocenters. The molecule has 0 aromatic heterocycles. The maximum atomic E-state index is 9.30. The normalized spacial score (nSPS) is 20.2. The highest BCUT2D eigenvalue weighted by atomic mass is 16.5. The third kappa shape index (κ3) is 6.14. The molecule has 1 saturated heterocycles. The molecular weight excluding hydrogens is 228 g/mol. The summed E-state index contributed by atoms with van der Waals surface area (Å²) in [4.78, 5) is 2.52. The molecule has 0 aromatic carbocycles. The first-order valence-electron chi connectivity index (χ1n) is 7.35. The van der Waals surface area contributed by atoms with Crippen LogP contribution >= 0.6 is 0 Å². The number of aliphatic hydroxyl groups excluding tert-OH is 1. The van der Waals surface area contributed by atoms with E-state index in [0.29, 0.717) is 0 Å². The number of ether oxygens (including phenoxy) is 1. The van der Waals surface area contributed by atoms with Crippen molar-refractivity contribution in [2.75, 3.05) is 46.5 Å². The molecule has 18 heavy (non-hydrogen) atoms. The summed E-state index contributed by atoms with van der Waals surface area (Å²) in [5, 5.41) is 12.7. The van der Waals surface area contributed by atoms with Crippen molar-refractivity contribution in [1.82, 2.24) is 10.2 Å². The van der Waals surface area contributed by atoms with Crippen LogP contribution in [0.1, 0.15) is 32.6 Å². The first-order chi connectivity index (χ1) is 8.80. The Bertz CT molecular complexity index is 194. The van der Waals surface area contributed by atoms with Crippen molar-refractivity contribution in [3.05, 3.63) is 0 Å². The summed E-state index contributed by atoms with van der Waals surface area (Å²) in [6.07, 6.45) is 4.67. The number of aliphatic hydroxyl groups is 1. The van der Waals surface area contributed by atoms with Crippen LogP contribution < -0.4 is 5.32 Å². The van der Waals surface area contributed by atoms with Crippen molar-refractivity contribution in [2.45, 2.75) is 38.6 Å². The van der Waals surface area contributed by atoms with Crippen LogP contribution in [0.2, 0.25) is 0 Å². The first-order valence-corrected chi connectivity index (χ1v) is 7.35. The van der Waals surface area contributed by atoms with Crippen LogP contribution in [-0.2, 0) is 4.74 Å². The smallest absolute Gasteiger partial charge is 0.0585 e. The predicted molar refractivity (Wildman–Crippen MR) is 74.8 cm³/mol. The Labute approximate surface area is 112 Å². The fraction of sp³-hybridized carbons (Fsp3) is 1.00. The highest BCUT2D eigenvalue weighted by Crippen LogP contribution is 2.17. The van der Waals surface area contributed by atoms with Crippen LogP contribution in [0.3, 0.4) is 0 Å². The molecule has 0 bridgehead atoms. The molecule has 108 valence electrons. The zero-order valence-corrected chi connectivity index (χ0v) is 12.0. The Morgan fingerprint density at radius 1 is 1.39 bits per heavy atom. The van der Waals surface area contributed by atoms with Gasteiger partial charge in [-0.1, -0.05) is 6.92 Å². The van der Waals surface area contributed by atoms with E-state index in [1.54, 1.807) is 7.11 Å². The molecule has 1 unspecified atom stereocenters. The van der Waals surface area contributed by atoms with Gasteiger partial charge >= 0.3 is 0 Å². The van der Waals surface area contributed by atoms with Crippen molar-refractivity contribution in [3.8, 4) is 0 Å². The molecule has 1 aliphatic rings. The van der Waals surface area contributed by atoms with Gasteiger partial charge in [-0.15, -0.1) is 0 Å². The highest BCUT2D eigenvalue weighted by molar-refractivity contribution is 4.74. The van der Waals surface area contributed by atoms with Gasteiger partial charge in [0.25, 0.3) is 0 Å². The van der Waals surface area contributed by atoms with Crippen LogP contribution in [0.15, 0.2) is 0 Å². The van der Waals surface area contributed by atoms with Crippen molar-refractivity contribution in [1.29, 1.82) is 0 Å². The summed E-state index contributed by atoms with van der Waals surface area (Å²) < 4.78 is 5.21. The number of likely N-dealkylation sites (tertiary alicyclic amines) is 1. The molecule has 1 fully saturated rings. The number of nitrogens with one attached hydrogen (secondary N) is 1. The minimum Gasteiger partial charge on any atom is -0.395 e. The quantitative estimate of drug-likeness (QED) is 0.650. The lowest BCUT2D eigenvalue weighted by molar-refractivity contribution is 0.0961. The monoisotopic (exact) mass is 258 g/mol. The van der Waals surface area contributed by atoms with Gasteiger partial charge in [-0.05, 0) is 57.8 Å². The number of hydrogen-bond donors (Lipinski definition) is 2. The van der Waals surface area contributed by atoms with Gasteiger partial charge in [0.15, 0.2) is 0 Å². The SMILES string of the molecule is CCCNC(CO)CCN1CCC(COC)CC1. The molecule has 0 saturated carbocycles. The lowest BCUT2D eigenvalue weighted by Crippen LogP contribution is -2.40. The van der Waals surface area contributed by atoms with E-state index in [2.05, 4.69) is 17.1 Å². The molecule has 1 aliphatic heterocycles. The predicted octanol–water partition coefficient (Wildman–Crippen LogP) is 1.10. The van der Waals surface area contributed by atoms with Gasteiger partial charge in [0.2, 0.25) is 0 Å². The lowest BCUT2D eigenvalue weighted by Gasteiger charge is -2.32. The van der Waals surface area contributed by atoms with Gasteiger partial charge < -0.3 is 20.1 Å². The fourth-order valence-corrected chi connectivity index (χ4v) is 2.56. The molecule has 0 amide bonds. The summed E-state index contributed by atoms with van der Waals surface area (Å²) in [7, 11) is 1.79. The maximum absolute atomic E-state index is 9.30. The third-order valence-electron chi connectivity index (χ3n) is 3.81. The minimum absolute atomic E-state index is 0.250. The molecule has 2 N–H and O–H groups in total. The van der Waals surface area contributed by atoms with Crippen molar-refractivity contribution < 1.29 is 9.84 Å². The van der Waals surface area contributed by atoms with Gasteiger partial charge in [-0.2, -0.15) is 0 Å². The molecule has 0 aromatic rings. The summed E-state index contributed by atoms with van der Waals surface area (Å²) >= 11 is 0. The van der Waals surface area contributed by atoms with Crippen LogP contribution in [0.25, 0.3) is 0 Å². The molecular formula is C14H30N2O2. The number of nitrogens with zero attached hydrogens (tertiary/aromatic N) is 1. The van der Waals surface area contributed by atoms with Crippen molar-refractivity contribution in [2.24, 2.45) is 5.92 Å². The first kappa shape index (κ1) is 15.9. The standard InChI is InChI=1S/C14H30N2O2/c1-3-7-15-14(11-17)6-10-16-8-4-13(5-9-16)12-18-2/h13-15,17H,3-12H2,1-2H3. The molecule has 0 aliphatic carbocycles. The average Bonchev–Trinajstić information content (AvgIpc) is 2.41. The Hall–Kier alpha value is -0.160. The average molecular weight is 258 g/mol. The summed E-state index contributed by atoms with van der Waals surface area (Å²) in [6.45, 7) is 7.77. The van der Waals surface area contributed by atoms with Gasteiger partial charge in [0, 0.05) is 19.8 Å². The molecule has 0 radical (unpaired) electrons. The Morgan fingerprint density at radius 3 is 2.67 bits per heavy atom. The van der Waals surface area contributed by atoms with Gasteiger partial charge in [-0.25, -0.2) is 0 Å². The number of methoxy groups -OCH3 is 1. The summed E-state index contributed by atoms with van der Waals surface area (Å²) in [5.74, 6) is 0.748. The van der Waals surface area contributed by atoms with Crippen molar-refractivity contribution >= 4 is 0 Å². The van der Waals surface area contributed by atoms with Gasteiger partial charge in [-0.3, -0.25) is 0 Å². The third-order valence-corrected chi connectivity index (χ3v) is 3.81. The van der Waals surface area contributed by atoms with E-state index >= 15 is 0 Å². The van der Waals surface area contributed by atoms with E-state index in [4.69, 9.17) is 4.74 Å². The number of piperidine rings is 1. The molecule has 0 spiro atoms. The summed E-state index contributed by atoms with van der Waals surface area (Å²) in [5.41, 5.74) is 0. The van der Waals surface area contributed by atoms with E-state index in [1.165, 1.54) is 25.9 Å². The second-order valence-electron chi connectivity index (χ2n) is 5.36. The van der Waals surface area contributed by atoms with Gasteiger partial charge in [0.1, 0.15) is 0 Å². The van der Waals surface area contributed by atoms with Crippen molar-refractivity contribution in [3.63, 3.8) is 0 Å². The maximum Gasteiger partial charge on any atom is 0.0585 e. The second kappa shape index (κ2) is 9.73. The van der Waals surface area contributed by atoms with E-state index < -0.39 is 0 Å². The van der Waals surface area contributed by atoms with Crippen LogP contribution in [0, 0.1) is 5.92 Å². The zero-order valence-electron chi connectivity index (χ0n) is 12.0. The topological polar surface area (TPSA) is 44.7 Å². The number of rotatable bonds is 9. The Morgan fingerprint density at radius 2 is 2.11 bits per heavy atom. The van der Waals surface area contributed by atoms with Crippen LogP contribution in [0.5, 0.6) is 0 Å². The molecule has 1 heterocycles. The van der Waals surface area contributed by atoms with Crippen LogP contribution in [-0.4, -0.2) is 62.6 Å².